The molecule has 1 aromatic heterocycles. The Morgan fingerprint density at radius 1 is 0.935 bits per heavy atom. The molecule has 0 unspecified atom stereocenters. The molecule has 152 valence electrons. The molecule has 1 amide bonds. The molecule has 3 aromatic carbocycles. The third-order valence-electron chi connectivity index (χ3n) is 5.19. The van der Waals surface area contributed by atoms with E-state index < -0.39 is 0 Å². The van der Waals surface area contributed by atoms with Crippen LogP contribution in [0.5, 0.6) is 0 Å². The predicted molar refractivity (Wildman–Crippen MR) is 130 cm³/mol. The van der Waals surface area contributed by atoms with Crippen molar-refractivity contribution in [2.45, 2.75) is 6.42 Å². The van der Waals surface area contributed by atoms with E-state index in [0.717, 1.165) is 33.7 Å². The highest BCUT2D eigenvalue weighted by Crippen LogP contribution is 2.36. The standard InChI is InChI=1S/C26H21N3OS/c30-25-24(18-20-11-12-23-21(17-20)14-16-27-23)31-26(29(25)22-9-5-2-6-10-22)28-15-13-19-7-3-1-4-8-19/h1-12,14,16-18,27H,13,15H2/b24-18-,28-26-. The number of amides is 1. The summed E-state index contributed by atoms with van der Waals surface area (Å²) < 4.78 is 0. The lowest BCUT2D eigenvalue weighted by Crippen LogP contribution is -2.29. The number of benzene rings is 3. The van der Waals surface area contributed by atoms with Crippen LogP contribution in [0.25, 0.3) is 17.0 Å². The SMILES string of the molecule is O=C1/C(=C/c2ccc3[nH]ccc3c2)S/C(=N\CCc2ccccc2)N1c1ccccc1. The van der Waals surface area contributed by atoms with E-state index in [1.54, 1.807) is 4.90 Å². The number of thioether (sulfide) groups is 1. The smallest absolute Gasteiger partial charge is 0.271 e. The summed E-state index contributed by atoms with van der Waals surface area (Å²) in [5.41, 5.74) is 4.16. The van der Waals surface area contributed by atoms with Crippen LogP contribution >= 0.6 is 11.8 Å². The second-order valence-electron chi connectivity index (χ2n) is 7.31. The highest BCUT2D eigenvalue weighted by molar-refractivity contribution is 8.19. The Balaban J connectivity index is 1.45. The van der Waals surface area contributed by atoms with Gasteiger partial charge in [0.1, 0.15) is 0 Å². The number of H-pyrrole nitrogens is 1. The monoisotopic (exact) mass is 423 g/mol. The van der Waals surface area contributed by atoms with Gasteiger partial charge in [-0.2, -0.15) is 0 Å². The second kappa shape index (κ2) is 8.66. The first-order valence-corrected chi connectivity index (χ1v) is 11.0. The zero-order valence-corrected chi connectivity index (χ0v) is 17.7. The third-order valence-corrected chi connectivity index (χ3v) is 6.19. The molecule has 2 heterocycles. The van der Waals surface area contributed by atoms with Crippen molar-refractivity contribution in [1.29, 1.82) is 0 Å². The Labute approximate surface area is 185 Å². The molecule has 5 rings (SSSR count). The van der Waals surface area contributed by atoms with E-state index in [2.05, 4.69) is 23.2 Å². The van der Waals surface area contributed by atoms with Crippen molar-refractivity contribution in [2.24, 2.45) is 4.99 Å². The third kappa shape index (κ3) is 4.18. The number of carbonyl (C=O) groups excluding carboxylic acids is 1. The maximum atomic E-state index is 13.3. The molecule has 31 heavy (non-hydrogen) atoms. The maximum Gasteiger partial charge on any atom is 0.271 e. The zero-order chi connectivity index (χ0) is 21.0. The summed E-state index contributed by atoms with van der Waals surface area (Å²) in [5, 5.41) is 1.85. The summed E-state index contributed by atoms with van der Waals surface area (Å²) in [5.74, 6) is -0.0381. The number of para-hydroxylation sites is 1. The van der Waals surface area contributed by atoms with Crippen LogP contribution in [-0.2, 0) is 11.2 Å². The number of nitrogens with zero attached hydrogens (tertiary/aromatic N) is 2. The fraction of sp³-hybridized carbons (Fsp3) is 0.0769. The van der Waals surface area contributed by atoms with Crippen LogP contribution in [0, 0.1) is 0 Å². The topological polar surface area (TPSA) is 48.5 Å². The minimum absolute atomic E-state index is 0.0381. The number of hydrogen-bond acceptors (Lipinski definition) is 3. The number of aromatic nitrogens is 1. The molecule has 4 nitrogen and oxygen atoms in total. The number of aromatic amines is 1. The Morgan fingerprint density at radius 3 is 2.52 bits per heavy atom. The quantitative estimate of drug-likeness (QED) is 0.407. The second-order valence-corrected chi connectivity index (χ2v) is 8.32. The summed E-state index contributed by atoms with van der Waals surface area (Å²) >= 11 is 1.44. The first kappa shape index (κ1) is 19.4. The van der Waals surface area contributed by atoms with Gasteiger partial charge in [-0.1, -0.05) is 54.6 Å². The largest absolute Gasteiger partial charge is 0.361 e. The van der Waals surface area contributed by atoms with Gasteiger partial charge in [-0.25, -0.2) is 0 Å². The predicted octanol–water partition coefficient (Wildman–Crippen LogP) is 5.89. The highest BCUT2D eigenvalue weighted by atomic mass is 32.2. The number of nitrogens with one attached hydrogen (secondary N) is 1. The summed E-state index contributed by atoms with van der Waals surface area (Å²) in [6.45, 7) is 0.631. The Kier molecular flexibility index (Phi) is 5.42. The average molecular weight is 424 g/mol. The van der Waals surface area contributed by atoms with Gasteiger partial charge in [0.15, 0.2) is 5.17 Å². The first-order chi connectivity index (χ1) is 15.3. The number of aliphatic imine (C=N–C) groups is 1. The molecule has 5 heteroatoms. The molecule has 0 spiro atoms. The molecule has 1 fully saturated rings. The fourth-order valence-corrected chi connectivity index (χ4v) is 4.63. The molecule has 0 aliphatic carbocycles. The van der Waals surface area contributed by atoms with Gasteiger partial charge in [0, 0.05) is 18.3 Å². The Morgan fingerprint density at radius 2 is 1.71 bits per heavy atom. The number of hydrogen-bond donors (Lipinski definition) is 1. The molecule has 1 saturated heterocycles. The van der Waals surface area contributed by atoms with Crippen LogP contribution in [0.1, 0.15) is 11.1 Å². The van der Waals surface area contributed by atoms with Gasteiger partial charge in [-0.15, -0.1) is 0 Å². The van der Waals surface area contributed by atoms with E-state index in [-0.39, 0.29) is 5.91 Å². The van der Waals surface area contributed by atoms with Crippen LogP contribution in [0.15, 0.2) is 101 Å². The normalized spacial score (nSPS) is 16.6. The van der Waals surface area contributed by atoms with E-state index in [0.29, 0.717) is 11.4 Å². The van der Waals surface area contributed by atoms with Gasteiger partial charge < -0.3 is 4.98 Å². The lowest BCUT2D eigenvalue weighted by Gasteiger charge is -2.15. The molecule has 0 saturated carbocycles. The van der Waals surface area contributed by atoms with E-state index in [1.807, 2.05) is 79.0 Å². The number of rotatable bonds is 5. The van der Waals surface area contributed by atoms with Crippen LogP contribution in [0.4, 0.5) is 5.69 Å². The van der Waals surface area contributed by atoms with Gasteiger partial charge in [-0.3, -0.25) is 14.7 Å². The molecular formula is C26H21N3OS. The molecule has 0 atom stereocenters. The average Bonchev–Trinajstić information content (AvgIpc) is 3.39. The van der Waals surface area contributed by atoms with E-state index >= 15 is 0 Å². The first-order valence-electron chi connectivity index (χ1n) is 10.2. The van der Waals surface area contributed by atoms with Gasteiger partial charge in [-0.05, 0) is 71.1 Å². The summed E-state index contributed by atoms with van der Waals surface area (Å²) in [6.07, 6.45) is 4.71. The minimum atomic E-state index is -0.0381. The van der Waals surface area contributed by atoms with Crippen LogP contribution in [0.3, 0.4) is 0 Å². The molecular weight excluding hydrogens is 402 g/mol. The number of amidine groups is 1. The molecule has 1 N–H and O–H groups in total. The van der Waals surface area contributed by atoms with E-state index in [9.17, 15) is 4.79 Å². The zero-order valence-electron chi connectivity index (χ0n) is 16.9. The van der Waals surface area contributed by atoms with Crippen molar-refractivity contribution in [2.75, 3.05) is 11.4 Å². The van der Waals surface area contributed by atoms with Gasteiger partial charge >= 0.3 is 0 Å². The summed E-state index contributed by atoms with van der Waals surface area (Å²) in [6, 6.07) is 28.2. The molecule has 4 aromatic rings. The molecule has 1 aliphatic heterocycles. The van der Waals surface area contributed by atoms with Gasteiger partial charge in [0.2, 0.25) is 0 Å². The van der Waals surface area contributed by atoms with E-state index in [1.165, 1.54) is 17.3 Å². The minimum Gasteiger partial charge on any atom is -0.361 e. The fourth-order valence-electron chi connectivity index (χ4n) is 3.62. The van der Waals surface area contributed by atoms with Crippen molar-refractivity contribution in [3.63, 3.8) is 0 Å². The number of fused-ring (bicyclic) bond motifs is 1. The van der Waals surface area contributed by atoms with Crippen molar-refractivity contribution in [3.8, 4) is 0 Å². The molecule has 0 radical (unpaired) electrons. The Hall–Kier alpha value is -3.57. The van der Waals surface area contributed by atoms with Crippen molar-refractivity contribution in [3.05, 3.63) is 107 Å². The van der Waals surface area contributed by atoms with E-state index in [4.69, 9.17) is 4.99 Å². The molecule has 0 bridgehead atoms. The van der Waals surface area contributed by atoms with Crippen LogP contribution < -0.4 is 4.90 Å². The highest BCUT2D eigenvalue weighted by Gasteiger charge is 2.34. The summed E-state index contributed by atoms with van der Waals surface area (Å²) in [4.78, 5) is 23.7. The summed E-state index contributed by atoms with van der Waals surface area (Å²) in [7, 11) is 0. The van der Waals surface area contributed by atoms with Crippen molar-refractivity contribution < 1.29 is 4.79 Å². The van der Waals surface area contributed by atoms with Crippen LogP contribution in [0.2, 0.25) is 0 Å². The van der Waals surface area contributed by atoms with Crippen molar-refractivity contribution in [1.82, 2.24) is 4.98 Å². The van der Waals surface area contributed by atoms with Gasteiger partial charge in [0.05, 0.1) is 10.6 Å². The Bertz CT molecular complexity index is 1280. The number of carbonyl (C=O) groups is 1. The molecule has 1 aliphatic rings. The van der Waals surface area contributed by atoms with Gasteiger partial charge in [0.25, 0.3) is 5.91 Å². The van der Waals surface area contributed by atoms with Crippen molar-refractivity contribution >= 4 is 45.5 Å². The maximum absolute atomic E-state index is 13.3. The lowest BCUT2D eigenvalue weighted by molar-refractivity contribution is -0.113. The lowest BCUT2D eigenvalue weighted by atomic mass is 10.1. The number of anilines is 1. The van der Waals surface area contributed by atoms with Crippen LogP contribution in [-0.4, -0.2) is 22.6 Å².